The second-order valence-corrected chi connectivity index (χ2v) is 5.31. The molecule has 1 rings (SSSR count). The first-order chi connectivity index (χ1) is 8.52. The van der Waals surface area contributed by atoms with E-state index in [-0.39, 0.29) is 12.1 Å². The van der Waals surface area contributed by atoms with Crippen LogP contribution in [0.3, 0.4) is 0 Å². The van der Waals surface area contributed by atoms with E-state index in [0.717, 1.165) is 24.2 Å². The Balaban J connectivity index is 2.72. The molecule has 1 aromatic rings. The van der Waals surface area contributed by atoms with Crippen molar-refractivity contribution in [1.29, 1.82) is 0 Å². The molecule has 0 aliphatic carbocycles. The lowest BCUT2D eigenvalue weighted by molar-refractivity contribution is 0.241. The van der Waals surface area contributed by atoms with Crippen molar-refractivity contribution in [3.05, 3.63) is 24.0 Å². The zero-order valence-electron chi connectivity index (χ0n) is 11.8. The minimum Gasteiger partial charge on any atom is -0.489 e. The molecule has 0 aromatic carbocycles. The van der Waals surface area contributed by atoms with E-state index in [1.807, 2.05) is 26.1 Å². The van der Waals surface area contributed by atoms with Crippen LogP contribution in [-0.4, -0.2) is 11.1 Å². The highest BCUT2D eigenvalue weighted by Crippen LogP contribution is 2.23. The van der Waals surface area contributed by atoms with Gasteiger partial charge in [0.2, 0.25) is 0 Å². The molecule has 18 heavy (non-hydrogen) atoms. The molecular formula is C14H25N3O. The molecule has 0 radical (unpaired) electrons. The lowest BCUT2D eigenvalue weighted by atomic mass is 9.99. The number of nitrogens with one attached hydrogen (secondary N) is 1. The van der Waals surface area contributed by atoms with Gasteiger partial charge < -0.3 is 4.74 Å². The first kappa shape index (κ1) is 14.9. The quantitative estimate of drug-likeness (QED) is 0.578. The Kier molecular flexibility index (Phi) is 6.09. The molecule has 1 atom stereocenters. The summed E-state index contributed by atoms with van der Waals surface area (Å²) in [5.74, 6) is 7.09. The van der Waals surface area contributed by atoms with E-state index in [9.17, 15) is 0 Å². The van der Waals surface area contributed by atoms with Gasteiger partial charge in [0.05, 0.1) is 12.3 Å². The van der Waals surface area contributed by atoms with Crippen LogP contribution in [0.4, 0.5) is 0 Å². The van der Waals surface area contributed by atoms with Crippen molar-refractivity contribution in [2.45, 2.75) is 52.7 Å². The summed E-state index contributed by atoms with van der Waals surface area (Å²) >= 11 is 0. The first-order valence-electron chi connectivity index (χ1n) is 6.60. The van der Waals surface area contributed by atoms with Gasteiger partial charge in [-0.25, -0.2) is 0 Å². The SMILES string of the molecule is CC(C)CCC(NN)c1cncc(OC(C)C)c1. The molecule has 0 amide bonds. The van der Waals surface area contributed by atoms with Gasteiger partial charge in [-0.1, -0.05) is 13.8 Å². The van der Waals surface area contributed by atoms with Gasteiger partial charge in [-0.3, -0.25) is 16.3 Å². The van der Waals surface area contributed by atoms with Crippen molar-refractivity contribution in [2.24, 2.45) is 11.8 Å². The van der Waals surface area contributed by atoms with Crippen molar-refractivity contribution in [3.8, 4) is 5.75 Å². The molecule has 3 N–H and O–H groups in total. The molecule has 0 aliphatic heterocycles. The highest BCUT2D eigenvalue weighted by Gasteiger charge is 2.12. The summed E-state index contributed by atoms with van der Waals surface area (Å²) in [6, 6.07) is 2.15. The first-order valence-corrected chi connectivity index (χ1v) is 6.60. The summed E-state index contributed by atoms with van der Waals surface area (Å²) in [5.41, 5.74) is 3.94. The molecule has 102 valence electrons. The van der Waals surface area contributed by atoms with Crippen molar-refractivity contribution in [2.75, 3.05) is 0 Å². The fraction of sp³-hybridized carbons (Fsp3) is 0.643. The van der Waals surface area contributed by atoms with Gasteiger partial charge in [0.25, 0.3) is 0 Å². The van der Waals surface area contributed by atoms with Crippen molar-refractivity contribution in [3.63, 3.8) is 0 Å². The van der Waals surface area contributed by atoms with Crippen LogP contribution in [0.25, 0.3) is 0 Å². The molecule has 0 aliphatic rings. The molecule has 0 spiro atoms. The van der Waals surface area contributed by atoms with Crippen LogP contribution in [0.2, 0.25) is 0 Å². The maximum atomic E-state index is 5.64. The summed E-state index contributed by atoms with van der Waals surface area (Å²) in [6.45, 7) is 8.43. The third-order valence-electron chi connectivity index (χ3n) is 2.74. The van der Waals surface area contributed by atoms with Crippen LogP contribution in [0.15, 0.2) is 18.5 Å². The Morgan fingerprint density at radius 2 is 1.94 bits per heavy atom. The van der Waals surface area contributed by atoms with Crippen LogP contribution in [-0.2, 0) is 0 Å². The number of nitrogens with two attached hydrogens (primary N) is 1. The van der Waals surface area contributed by atoms with E-state index in [4.69, 9.17) is 10.6 Å². The van der Waals surface area contributed by atoms with E-state index in [2.05, 4.69) is 24.3 Å². The van der Waals surface area contributed by atoms with Crippen LogP contribution >= 0.6 is 0 Å². The molecule has 4 nitrogen and oxygen atoms in total. The second-order valence-electron chi connectivity index (χ2n) is 5.31. The largest absolute Gasteiger partial charge is 0.489 e. The summed E-state index contributed by atoms with van der Waals surface area (Å²) < 4.78 is 5.64. The topological polar surface area (TPSA) is 60.2 Å². The molecule has 0 fully saturated rings. The predicted molar refractivity (Wildman–Crippen MR) is 74.1 cm³/mol. The highest BCUT2D eigenvalue weighted by molar-refractivity contribution is 5.26. The Morgan fingerprint density at radius 1 is 1.22 bits per heavy atom. The summed E-state index contributed by atoms with van der Waals surface area (Å²) in [4.78, 5) is 4.21. The van der Waals surface area contributed by atoms with Crippen LogP contribution in [0.5, 0.6) is 5.75 Å². The van der Waals surface area contributed by atoms with Crippen LogP contribution in [0, 0.1) is 5.92 Å². The number of nitrogens with zero attached hydrogens (tertiary/aromatic N) is 1. The van der Waals surface area contributed by atoms with Gasteiger partial charge in [0, 0.05) is 12.2 Å². The van der Waals surface area contributed by atoms with Crippen LogP contribution < -0.4 is 16.0 Å². The Labute approximate surface area is 110 Å². The minimum atomic E-state index is 0.135. The Morgan fingerprint density at radius 3 is 2.50 bits per heavy atom. The average Bonchev–Trinajstić information content (AvgIpc) is 2.29. The third-order valence-corrected chi connectivity index (χ3v) is 2.74. The molecule has 4 heteroatoms. The smallest absolute Gasteiger partial charge is 0.138 e. The maximum absolute atomic E-state index is 5.64. The van der Waals surface area contributed by atoms with Crippen molar-refractivity contribution >= 4 is 0 Å². The Hall–Kier alpha value is -1.13. The van der Waals surface area contributed by atoms with Gasteiger partial charge in [0.1, 0.15) is 5.75 Å². The lowest BCUT2D eigenvalue weighted by Gasteiger charge is -2.18. The van der Waals surface area contributed by atoms with Gasteiger partial charge >= 0.3 is 0 Å². The van der Waals surface area contributed by atoms with Gasteiger partial charge in [0.15, 0.2) is 0 Å². The molecule has 0 saturated carbocycles. The number of hydrogen-bond acceptors (Lipinski definition) is 4. The fourth-order valence-corrected chi connectivity index (χ4v) is 1.81. The Bertz CT molecular complexity index is 353. The number of aromatic nitrogens is 1. The standard InChI is InChI=1S/C14H25N3O/c1-10(2)5-6-14(17-15)12-7-13(9-16-8-12)18-11(3)4/h7-11,14,17H,5-6,15H2,1-4H3. The fourth-order valence-electron chi connectivity index (χ4n) is 1.81. The van der Waals surface area contributed by atoms with E-state index in [0.29, 0.717) is 5.92 Å². The maximum Gasteiger partial charge on any atom is 0.138 e. The van der Waals surface area contributed by atoms with E-state index < -0.39 is 0 Å². The lowest BCUT2D eigenvalue weighted by Crippen LogP contribution is -2.28. The second kappa shape index (κ2) is 7.34. The monoisotopic (exact) mass is 251 g/mol. The molecule has 1 aromatic heterocycles. The van der Waals surface area contributed by atoms with Crippen molar-refractivity contribution in [1.82, 2.24) is 10.4 Å². The zero-order chi connectivity index (χ0) is 13.5. The average molecular weight is 251 g/mol. The summed E-state index contributed by atoms with van der Waals surface area (Å²) in [6.07, 6.45) is 5.87. The summed E-state index contributed by atoms with van der Waals surface area (Å²) in [5, 5.41) is 0. The van der Waals surface area contributed by atoms with Gasteiger partial charge in [-0.2, -0.15) is 0 Å². The minimum absolute atomic E-state index is 0.135. The van der Waals surface area contributed by atoms with E-state index >= 15 is 0 Å². The number of hydrazine groups is 1. The normalized spacial score (nSPS) is 13.1. The summed E-state index contributed by atoms with van der Waals surface area (Å²) in [7, 11) is 0. The van der Waals surface area contributed by atoms with Crippen molar-refractivity contribution < 1.29 is 4.74 Å². The molecule has 1 heterocycles. The number of rotatable bonds is 7. The number of hydrogen-bond donors (Lipinski definition) is 2. The molecule has 0 saturated heterocycles. The number of ether oxygens (including phenoxy) is 1. The molecular weight excluding hydrogens is 226 g/mol. The number of pyridine rings is 1. The van der Waals surface area contributed by atoms with Gasteiger partial charge in [-0.15, -0.1) is 0 Å². The van der Waals surface area contributed by atoms with Crippen LogP contribution in [0.1, 0.15) is 52.1 Å². The van der Waals surface area contributed by atoms with Gasteiger partial charge in [-0.05, 0) is 44.2 Å². The van der Waals surface area contributed by atoms with E-state index in [1.165, 1.54) is 0 Å². The zero-order valence-corrected chi connectivity index (χ0v) is 11.8. The van der Waals surface area contributed by atoms with E-state index in [1.54, 1.807) is 6.20 Å². The predicted octanol–water partition coefficient (Wildman–Crippen LogP) is 2.81. The third kappa shape index (κ3) is 5.02. The highest BCUT2D eigenvalue weighted by atomic mass is 16.5. The molecule has 0 bridgehead atoms. The molecule has 1 unspecified atom stereocenters.